The quantitative estimate of drug-likeness (QED) is 0.241. The fourth-order valence-electron chi connectivity index (χ4n) is 12.2. The lowest BCUT2D eigenvalue weighted by Gasteiger charge is -2.37. The molecule has 438 valence electrons. The summed E-state index contributed by atoms with van der Waals surface area (Å²) in [4.78, 5) is 51.0. The molecule has 0 atom stereocenters. The van der Waals surface area contributed by atoms with Crippen LogP contribution in [-0.4, -0.2) is 185 Å². The van der Waals surface area contributed by atoms with E-state index in [9.17, 15) is 14.4 Å². The van der Waals surface area contributed by atoms with Gasteiger partial charge >= 0.3 is 12.1 Å². The third-order valence-corrected chi connectivity index (χ3v) is 18.9. The van der Waals surface area contributed by atoms with E-state index >= 15 is 0 Å². The fraction of sp³-hybridized carbons (Fsp3) is 0.952. The minimum absolute atomic E-state index is 0.132. The molecule has 6 aliphatic rings. The van der Waals surface area contributed by atoms with Crippen LogP contribution in [0.1, 0.15) is 193 Å². The van der Waals surface area contributed by atoms with E-state index < -0.39 is 0 Å². The SMILES string of the molecule is CC(=O)N(C)C1CCC(C(C)C)CC1.CC(C)C1CCC(N(C)C(=O)N(C)C)CC1.CC(C)C1CCN(C(=O)N(C)C)CC1.CC(C)C1CCN(C)CC1.CC(C)C1CCN(C)CC1.CC(C)C1CCN(C)CC1. The first-order valence-corrected chi connectivity index (χ1v) is 30.8. The number of likely N-dealkylation sites (tertiary alicyclic amines) is 4. The highest BCUT2D eigenvalue weighted by Gasteiger charge is 2.30. The van der Waals surface area contributed by atoms with Crippen LogP contribution in [0.5, 0.6) is 0 Å². The van der Waals surface area contributed by atoms with Crippen LogP contribution in [0, 0.1) is 71.0 Å². The number of urea groups is 2. The lowest BCUT2D eigenvalue weighted by atomic mass is 9.79. The number of carbonyl (C=O) groups excluding carboxylic acids is 3. The third kappa shape index (κ3) is 27.5. The Labute approximate surface area is 461 Å². The van der Waals surface area contributed by atoms with E-state index in [0.717, 1.165) is 96.9 Å². The number of piperidine rings is 4. The van der Waals surface area contributed by atoms with Crippen LogP contribution in [-0.2, 0) is 4.79 Å². The van der Waals surface area contributed by atoms with Gasteiger partial charge in [-0.1, -0.05) is 83.1 Å². The molecule has 0 unspecified atom stereocenters. The van der Waals surface area contributed by atoms with Crippen LogP contribution >= 0.6 is 0 Å². The summed E-state index contributed by atoms with van der Waals surface area (Å²) in [5.74, 6) is 10.8. The smallest absolute Gasteiger partial charge is 0.319 e. The van der Waals surface area contributed by atoms with Crippen LogP contribution in [0.25, 0.3) is 0 Å². The van der Waals surface area contributed by atoms with E-state index in [1.54, 1.807) is 16.7 Å². The van der Waals surface area contributed by atoms with Crippen LogP contribution in [0.2, 0.25) is 0 Å². The van der Waals surface area contributed by atoms with Crippen molar-refractivity contribution in [2.45, 2.75) is 205 Å². The Balaban J connectivity index is 0.000000448. The Bertz CT molecular complexity index is 1380. The Morgan fingerprint density at radius 3 is 0.784 bits per heavy atom. The molecule has 2 aliphatic carbocycles. The van der Waals surface area contributed by atoms with Crippen molar-refractivity contribution in [3.8, 4) is 0 Å². The van der Waals surface area contributed by atoms with E-state index in [0.29, 0.717) is 12.1 Å². The van der Waals surface area contributed by atoms with E-state index in [-0.39, 0.29) is 18.0 Å². The number of hydrogen-bond donors (Lipinski definition) is 0. The van der Waals surface area contributed by atoms with Gasteiger partial charge in [0.05, 0.1) is 0 Å². The van der Waals surface area contributed by atoms with Gasteiger partial charge in [0.1, 0.15) is 0 Å². The van der Waals surface area contributed by atoms with Crippen molar-refractivity contribution in [2.24, 2.45) is 71.0 Å². The predicted octanol–water partition coefficient (Wildman–Crippen LogP) is 13.5. The summed E-state index contributed by atoms with van der Waals surface area (Å²) < 4.78 is 0. The van der Waals surface area contributed by atoms with Gasteiger partial charge in [-0.05, 0) is 234 Å². The zero-order chi connectivity index (χ0) is 56.4. The zero-order valence-electron chi connectivity index (χ0n) is 53.4. The number of carbonyl (C=O) groups is 3. The monoisotopic (exact) mass is 1050 g/mol. The highest BCUT2D eigenvalue weighted by molar-refractivity contribution is 5.74. The summed E-state index contributed by atoms with van der Waals surface area (Å²) in [7, 11) is 17.8. The maximum Gasteiger partial charge on any atom is 0.319 e. The first kappa shape index (κ1) is 69.9. The topological polar surface area (TPSA) is 77.1 Å². The molecular weight excluding hydrogens is 917 g/mol. The molecule has 6 fully saturated rings. The molecule has 4 aliphatic heterocycles. The zero-order valence-corrected chi connectivity index (χ0v) is 53.4. The second-order valence-electron chi connectivity index (χ2n) is 26.9. The van der Waals surface area contributed by atoms with Gasteiger partial charge in [-0.2, -0.15) is 0 Å². The van der Waals surface area contributed by atoms with Crippen molar-refractivity contribution in [1.29, 1.82) is 0 Å². The molecule has 0 radical (unpaired) electrons. The Hall–Kier alpha value is -2.11. The number of amides is 5. The largest absolute Gasteiger partial charge is 0.343 e. The summed E-state index contributed by atoms with van der Waals surface area (Å²) >= 11 is 0. The molecule has 2 saturated carbocycles. The molecule has 74 heavy (non-hydrogen) atoms. The molecule has 11 nitrogen and oxygen atoms in total. The molecule has 0 bridgehead atoms. The van der Waals surface area contributed by atoms with Gasteiger partial charge in [0.2, 0.25) is 5.91 Å². The average Bonchev–Trinajstić information content (AvgIpc) is 3.36. The van der Waals surface area contributed by atoms with Gasteiger partial charge in [0.25, 0.3) is 0 Å². The van der Waals surface area contributed by atoms with Crippen LogP contribution in [0.15, 0.2) is 0 Å². The summed E-state index contributed by atoms with van der Waals surface area (Å²) in [6.45, 7) is 39.2. The third-order valence-electron chi connectivity index (χ3n) is 18.9. The first-order chi connectivity index (χ1) is 34.6. The van der Waals surface area contributed by atoms with Crippen LogP contribution in [0.3, 0.4) is 0 Å². The molecule has 0 spiro atoms. The molecule has 6 rings (SSSR count). The van der Waals surface area contributed by atoms with Crippen molar-refractivity contribution in [1.82, 2.24) is 39.2 Å². The lowest BCUT2D eigenvalue weighted by molar-refractivity contribution is -0.130. The number of hydrogen-bond acceptors (Lipinski definition) is 6. The van der Waals surface area contributed by atoms with E-state index in [2.05, 4.69) is 119 Å². The molecule has 0 aromatic heterocycles. The van der Waals surface area contributed by atoms with Crippen LogP contribution < -0.4 is 0 Å². The van der Waals surface area contributed by atoms with Gasteiger partial charge in [0, 0.05) is 74.4 Å². The Morgan fingerprint density at radius 2 is 0.568 bits per heavy atom. The van der Waals surface area contributed by atoms with Crippen molar-refractivity contribution >= 4 is 18.0 Å². The van der Waals surface area contributed by atoms with Crippen LogP contribution in [0.4, 0.5) is 9.59 Å². The van der Waals surface area contributed by atoms with Crippen molar-refractivity contribution in [2.75, 3.05) is 116 Å². The summed E-state index contributed by atoms with van der Waals surface area (Å²) in [6, 6.07) is 1.24. The summed E-state index contributed by atoms with van der Waals surface area (Å²) in [6.07, 6.45) is 20.6. The summed E-state index contributed by atoms with van der Waals surface area (Å²) in [5, 5.41) is 0. The second kappa shape index (κ2) is 36.9. The van der Waals surface area contributed by atoms with E-state index in [1.807, 2.05) is 57.0 Å². The molecule has 11 heteroatoms. The minimum atomic E-state index is 0.132. The lowest BCUT2D eigenvalue weighted by Crippen LogP contribution is -2.44. The minimum Gasteiger partial charge on any atom is -0.343 e. The molecule has 5 amide bonds. The number of nitrogens with zero attached hydrogens (tertiary/aromatic N) is 8. The standard InChI is InChI=1S/C13H26N2O.C12H23NO.C11H22N2O.3C9H19N/c1-10(2)11-6-8-12(9-7-11)15(5)13(16)14(3)4;1-9(2)11-5-7-12(8-6-11)13(4)10(3)14;1-9(2)10-5-7-13(8-6-10)11(14)12(3)4;3*1-8(2)9-4-6-10(3)7-5-9/h10-12H,6-9H2,1-5H3;9,11-12H,5-8H2,1-4H3;9-10H,5-8H2,1-4H3;3*8-9H,4-7H2,1-3H3. The van der Waals surface area contributed by atoms with E-state index in [1.165, 1.54) is 129 Å². The van der Waals surface area contributed by atoms with Gasteiger partial charge in [0.15, 0.2) is 0 Å². The maximum atomic E-state index is 11.8. The second-order valence-corrected chi connectivity index (χ2v) is 26.9. The van der Waals surface area contributed by atoms with Gasteiger partial charge in [-0.25, -0.2) is 9.59 Å². The van der Waals surface area contributed by atoms with Crippen molar-refractivity contribution in [3.05, 3.63) is 0 Å². The molecule has 0 N–H and O–H groups in total. The number of rotatable bonds is 8. The van der Waals surface area contributed by atoms with Gasteiger partial charge in [-0.3, -0.25) is 4.79 Å². The van der Waals surface area contributed by atoms with Crippen molar-refractivity contribution in [3.63, 3.8) is 0 Å². The molecule has 0 aromatic carbocycles. The Kier molecular flexibility index (Phi) is 34.8. The molecular formula is C63H128N8O3. The normalized spacial score (nSPS) is 24.1. The first-order valence-electron chi connectivity index (χ1n) is 30.8. The highest BCUT2D eigenvalue weighted by Crippen LogP contribution is 2.33. The molecule has 4 saturated heterocycles. The predicted molar refractivity (Wildman–Crippen MR) is 320 cm³/mol. The Morgan fingerprint density at radius 1 is 0.338 bits per heavy atom. The van der Waals surface area contributed by atoms with Crippen molar-refractivity contribution < 1.29 is 14.4 Å². The van der Waals surface area contributed by atoms with Gasteiger partial charge < -0.3 is 39.2 Å². The highest BCUT2D eigenvalue weighted by atomic mass is 16.2. The molecule has 4 heterocycles. The van der Waals surface area contributed by atoms with Gasteiger partial charge in [-0.15, -0.1) is 0 Å². The fourth-order valence-corrected chi connectivity index (χ4v) is 12.2. The molecule has 0 aromatic rings. The summed E-state index contributed by atoms with van der Waals surface area (Å²) in [5.41, 5.74) is 0. The average molecular weight is 1050 g/mol. The van der Waals surface area contributed by atoms with E-state index in [4.69, 9.17) is 0 Å². The maximum absolute atomic E-state index is 11.8.